The zero-order valence-corrected chi connectivity index (χ0v) is 15.1. The van der Waals surface area contributed by atoms with Crippen molar-refractivity contribution in [3.8, 4) is 6.07 Å². The predicted molar refractivity (Wildman–Crippen MR) is 98.6 cm³/mol. The summed E-state index contributed by atoms with van der Waals surface area (Å²) in [7, 11) is 0. The Balaban J connectivity index is 1.29. The highest BCUT2D eigenvalue weighted by molar-refractivity contribution is 5.39. The van der Waals surface area contributed by atoms with Gasteiger partial charge < -0.3 is 9.80 Å². The monoisotopic (exact) mass is 367 g/mol. The van der Waals surface area contributed by atoms with Crippen molar-refractivity contribution in [1.82, 2.24) is 19.9 Å². The van der Waals surface area contributed by atoms with E-state index in [1.807, 2.05) is 0 Å². The minimum Gasteiger partial charge on any atom is -0.355 e. The van der Waals surface area contributed by atoms with Crippen LogP contribution >= 0.6 is 0 Å². The Labute approximate surface area is 157 Å². The van der Waals surface area contributed by atoms with E-state index in [9.17, 15) is 4.39 Å². The lowest BCUT2D eigenvalue weighted by Crippen LogP contribution is -2.41. The van der Waals surface area contributed by atoms with E-state index in [0.29, 0.717) is 23.5 Å². The summed E-state index contributed by atoms with van der Waals surface area (Å²) < 4.78 is 13.0. The zero-order valence-electron chi connectivity index (χ0n) is 15.1. The lowest BCUT2D eigenvalue weighted by Gasteiger charge is -2.40. The van der Waals surface area contributed by atoms with Crippen LogP contribution in [0.5, 0.6) is 0 Å². The number of hydrogen-bond donors (Lipinski definition) is 0. The zero-order chi connectivity index (χ0) is 18.6. The van der Waals surface area contributed by atoms with Crippen LogP contribution in [-0.2, 0) is 0 Å². The van der Waals surface area contributed by atoms with E-state index in [4.69, 9.17) is 5.26 Å². The van der Waals surface area contributed by atoms with Crippen LogP contribution in [0.1, 0.15) is 31.4 Å². The van der Waals surface area contributed by atoms with E-state index in [1.54, 1.807) is 6.20 Å². The molecule has 7 nitrogen and oxygen atoms in total. The van der Waals surface area contributed by atoms with Gasteiger partial charge in [0.1, 0.15) is 11.9 Å². The van der Waals surface area contributed by atoms with Gasteiger partial charge in [-0.1, -0.05) is 0 Å². The second-order valence-corrected chi connectivity index (χ2v) is 7.22. The molecule has 0 bridgehead atoms. The third kappa shape index (κ3) is 3.97. The topological polar surface area (TPSA) is 81.8 Å². The SMILES string of the molecule is N#Cc1cncc(N2CCC(C3CCN(c4ncc(F)cn4)CC3)CC2)n1. The van der Waals surface area contributed by atoms with Crippen LogP contribution in [-0.4, -0.2) is 46.1 Å². The molecule has 4 heterocycles. The van der Waals surface area contributed by atoms with Gasteiger partial charge in [0.15, 0.2) is 11.5 Å². The summed E-state index contributed by atoms with van der Waals surface area (Å²) >= 11 is 0. The van der Waals surface area contributed by atoms with E-state index in [1.165, 1.54) is 18.6 Å². The van der Waals surface area contributed by atoms with Crippen molar-refractivity contribution < 1.29 is 4.39 Å². The molecular weight excluding hydrogens is 345 g/mol. The normalized spacial score (nSPS) is 19.1. The van der Waals surface area contributed by atoms with Gasteiger partial charge >= 0.3 is 0 Å². The Hall–Kier alpha value is -2.82. The molecular formula is C19H22FN7. The number of aromatic nitrogens is 4. The van der Waals surface area contributed by atoms with E-state index in [-0.39, 0.29) is 0 Å². The molecule has 2 aliphatic heterocycles. The molecule has 27 heavy (non-hydrogen) atoms. The lowest BCUT2D eigenvalue weighted by atomic mass is 9.79. The van der Waals surface area contributed by atoms with Gasteiger partial charge in [-0.15, -0.1) is 0 Å². The number of anilines is 2. The molecule has 8 heteroatoms. The van der Waals surface area contributed by atoms with Crippen LogP contribution in [0.25, 0.3) is 0 Å². The van der Waals surface area contributed by atoms with Gasteiger partial charge in [0.25, 0.3) is 0 Å². The summed E-state index contributed by atoms with van der Waals surface area (Å²) in [5.74, 6) is 2.45. The van der Waals surface area contributed by atoms with Crippen LogP contribution in [0.2, 0.25) is 0 Å². The van der Waals surface area contributed by atoms with Gasteiger partial charge in [-0.2, -0.15) is 5.26 Å². The quantitative estimate of drug-likeness (QED) is 0.824. The summed E-state index contributed by atoms with van der Waals surface area (Å²) in [5, 5.41) is 8.99. The molecule has 140 valence electrons. The Morgan fingerprint density at radius 3 is 2.07 bits per heavy atom. The molecule has 0 spiro atoms. The van der Waals surface area contributed by atoms with Gasteiger partial charge in [-0.3, -0.25) is 4.98 Å². The lowest BCUT2D eigenvalue weighted by molar-refractivity contribution is 0.232. The average molecular weight is 367 g/mol. The fourth-order valence-corrected chi connectivity index (χ4v) is 4.20. The van der Waals surface area contributed by atoms with Crippen LogP contribution in [0.15, 0.2) is 24.8 Å². The summed E-state index contributed by atoms with van der Waals surface area (Å²) in [5.41, 5.74) is 0.366. The number of piperidine rings is 2. The van der Waals surface area contributed by atoms with Crippen LogP contribution in [0.4, 0.5) is 16.2 Å². The van der Waals surface area contributed by atoms with Gasteiger partial charge in [0.2, 0.25) is 5.95 Å². The Bertz CT molecular complexity index is 804. The van der Waals surface area contributed by atoms with Crippen molar-refractivity contribution >= 4 is 11.8 Å². The van der Waals surface area contributed by atoms with Gasteiger partial charge in [-0.05, 0) is 37.5 Å². The molecule has 2 saturated heterocycles. The van der Waals surface area contributed by atoms with Crippen LogP contribution in [0.3, 0.4) is 0 Å². The first-order chi connectivity index (χ1) is 13.2. The maximum atomic E-state index is 13.0. The number of halogens is 1. The van der Waals surface area contributed by atoms with Gasteiger partial charge in [0.05, 0.1) is 24.8 Å². The molecule has 0 aliphatic carbocycles. The first-order valence-electron chi connectivity index (χ1n) is 9.42. The Kier molecular flexibility index (Phi) is 5.10. The maximum absolute atomic E-state index is 13.0. The standard InChI is InChI=1S/C19H22FN7/c20-16-10-23-19(24-11-16)27-7-3-15(4-8-27)14-1-5-26(6-2-14)18-13-22-12-17(9-21)25-18/h10-15H,1-8H2. The van der Waals surface area contributed by atoms with Crippen LogP contribution < -0.4 is 9.80 Å². The van der Waals surface area contributed by atoms with Crippen molar-refractivity contribution in [2.24, 2.45) is 11.8 Å². The van der Waals surface area contributed by atoms with Crippen molar-refractivity contribution in [1.29, 1.82) is 5.26 Å². The highest BCUT2D eigenvalue weighted by Crippen LogP contribution is 2.34. The summed E-state index contributed by atoms with van der Waals surface area (Å²) in [6.45, 7) is 3.75. The molecule has 2 aromatic heterocycles. The maximum Gasteiger partial charge on any atom is 0.225 e. The molecule has 0 amide bonds. The number of nitriles is 1. The summed E-state index contributed by atoms with van der Waals surface area (Å²) in [6.07, 6.45) is 10.2. The predicted octanol–water partition coefficient (Wildman–Crippen LogP) is 2.41. The third-order valence-corrected chi connectivity index (χ3v) is 5.70. The third-order valence-electron chi connectivity index (χ3n) is 5.70. The van der Waals surface area contributed by atoms with Crippen LogP contribution in [0, 0.1) is 29.0 Å². The number of rotatable bonds is 3. The molecule has 2 aromatic rings. The average Bonchev–Trinajstić information content (AvgIpc) is 2.75. The molecule has 2 fully saturated rings. The molecule has 0 radical (unpaired) electrons. The first-order valence-corrected chi connectivity index (χ1v) is 9.42. The largest absolute Gasteiger partial charge is 0.355 e. The molecule has 0 unspecified atom stereocenters. The number of nitrogens with zero attached hydrogens (tertiary/aromatic N) is 7. The van der Waals surface area contributed by atoms with Gasteiger partial charge in [-0.25, -0.2) is 19.3 Å². The second-order valence-electron chi connectivity index (χ2n) is 7.22. The van der Waals surface area contributed by atoms with Gasteiger partial charge in [0, 0.05) is 26.2 Å². The van der Waals surface area contributed by atoms with E-state index >= 15 is 0 Å². The number of hydrogen-bond acceptors (Lipinski definition) is 7. The van der Waals surface area contributed by atoms with E-state index in [0.717, 1.165) is 57.7 Å². The minimum atomic E-state index is -0.398. The summed E-state index contributed by atoms with van der Waals surface area (Å²) in [4.78, 5) is 21.0. The molecule has 2 aliphatic rings. The van der Waals surface area contributed by atoms with Crippen molar-refractivity contribution in [3.63, 3.8) is 0 Å². The fraction of sp³-hybridized carbons (Fsp3) is 0.526. The molecule has 0 N–H and O–H groups in total. The second kappa shape index (κ2) is 7.82. The van der Waals surface area contributed by atoms with E-state index in [2.05, 4.69) is 35.8 Å². The highest BCUT2D eigenvalue weighted by atomic mass is 19.1. The molecule has 0 aromatic carbocycles. The van der Waals surface area contributed by atoms with Crippen molar-refractivity contribution in [2.75, 3.05) is 36.0 Å². The molecule has 0 saturated carbocycles. The van der Waals surface area contributed by atoms with Crippen molar-refractivity contribution in [2.45, 2.75) is 25.7 Å². The Morgan fingerprint density at radius 1 is 0.889 bits per heavy atom. The minimum absolute atomic E-state index is 0.366. The van der Waals surface area contributed by atoms with Crippen molar-refractivity contribution in [3.05, 3.63) is 36.3 Å². The van der Waals surface area contributed by atoms with E-state index < -0.39 is 5.82 Å². The summed E-state index contributed by atoms with van der Waals surface area (Å²) in [6, 6.07) is 2.05. The molecule has 4 rings (SSSR count). The molecule has 0 atom stereocenters. The fourth-order valence-electron chi connectivity index (χ4n) is 4.20. The smallest absolute Gasteiger partial charge is 0.225 e. The Morgan fingerprint density at radius 2 is 1.48 bits per heavy atom. The highest BCUT2D eigenvalue weighted by Gasteiger charge is 2.30. The first kappa shape index (κ1) is 17.6.